The van der Waals surface area contributed by atoms with Crippen molar-refractivity contribution in [2.75, 3.05) is 12.5 Å². The molecule has 0 fully saturated rings. The van der Waals surface area contributed by atoms with Gasteiger partial charge in [0.05, 0.1) is 12.5 Å². The lowest BCUT2D eigenvalue weighted by molar-refractivity contribution is 0.306. The lowest BCUT2D eigenvalue weighted by atomic mass is 10.1. The smallest absolute Gasteiger partial charge is 0.119 e. The Bertz CT molecular complexity index is 401. The van der Waals surface area contributed by atoms with Gasteiger partial charge >= 0.3 is 0 Å². The summed E-state index contributed by atoms with van der Waals surface area (Å²) in [5, 5.41) is 0. The third-order valence-corrected chi connectivity index (χ3v) is 2.64. The zero-order valence-electron chi connectivity index (χ0n) is 10.6. The minimum absolute atomic E-state index is 0.370. The first-order chi connectivity index (χ1) is 8.27. The molecule has 2 heteroatoms. The largest absolute Gasteiger partial charge is 0.494 e. The van der Waals surface area contributed by atoms with Crippen molar-refractivity contribution in [3.05, 3.63) is 29.3 Å². The van der Waals surface area contributed by atoms with Gasteiger partial charge in [0.25, 0.3) is 0 Å². The lowest BCUT2D eigenvalue weighted by Gasteiger charge is -2.07. The van der Waals surface area contributed by atoms with Crippen LogP contribution in [0.5, 0.6) is 5.75 Å². The van der Waals surface area contributed by atoms with Crippen molar-refractivity contribution in [1.29, 1.82) is 0 Å². The second-order valence-electron chi connectivity index (χ2n) is 3.97. The highest BCUT2D eigenvalue weighted by Crippen LogP contribution is 2.17. The molecule has 1 aromatic rings. The number of rotatable bonds is 5. The third-order valence-electron chi connectivity index (χ3n) is 2.50. The molecule has 92 valence electrons. The summed E-state index contributed by atoms with van der Waals surface area (Å²) in [5.74, 6) is 7.18. The summed E-state index contributed by atoms with van der Waals surface area (Å²) in [6, 6.07) is 5.99. The number of ether oxygens (including phenoxy) is 1. The Morgan fingerprint density at radius 1 is 1.29 bits per heavy atom. The first-order valence-electron chi connectivity index (χ1n) is 6.06. The predicted molar refractivity (Wildman–Crippen MR) is 73.8 cm³/mol. The molecule has 0 unspecified atom stereocenters. The van der Waals surface area contributed by atoms with E-state index >= 15 is 0 Å². The number of aryl methyl sites for hydroxylation is 1. The van der Waals surface area contributed by atoms with Crippen molar-refractivity contribution in [2.24, 2.45) is 0 Å². The summed E-state index contributed by atoms with van der Waals surface area (Å²) >= 11 is 5.53. The van der Waals surface area contributed by atoms with Gasteiger partial charge in [-0.2, -0.15) is 0 Å². The summed E-state index contributed by atoms with van der Waals surface area (Å²) < 4.78 is 5.67. The summed E-state index contributed by atoms with van der Waals surface area (Å²) in [4.78, 5) is 0. The second-order valence-corrected chi connectivity index (χ2v) is 4.23. The lowest BCUT2D eigenvalue weighted by Crippen LogP contribution is -1.97. The molecule has 0 aliphatic carbocycles. The second kappa shape index (κ2) is 8.03. The monoisotopic (exact) mass is 250 g/mol. The van der Waals surface area contributed by atoms with Crippen LogP contribution in [0.4, 0.5) is 0 Å². The number of hydrogen-bond donors (Lipinski definition) is 0. The summed E-state index contributed by atoms with van der Waals surface area (Å²) in [6.45, 7) is 5.02. The average molecular weight is 251 g/mol. The van der Waals surface area contributed by atoms with Crippen LogP contribution in [0.15, 0.2) is 18.2 Å². The van der Waals surface area contributed by atoms with E-state index in [0.29, 0.717) is 5.88 Å². The van der Waals surface area contributed by atoms with Gasteiger partial charge in [-0.05, 0) is 37.1 Å². The molecule has 0 heterocycles. The number of unbranched alkanes of at least 4 members (excludes halogenated alkanes) is 2. The van der Waals surface area contributed by atoms with Crippen molar-refractivity contribution < 1.29 is 4.74 Å². The van der Waals surface area contributed by atoms with E-state index in [1.165, 1.54) is 12.8 Å². The molecule has 1 nitrogen and oxygen atoms in total. The summed E-state index contributed by atoms with van der Waals surface area (Å²) in [7, 11) is 0. The van der Waals surface area contributed by atoms with Gasteiger partial charge < -0.3 is 4.74 Å². The van der Waals surface area contributed by atoms with Crippen LogP contribution in [-0.4, -0.2) is 12.5 Å². The normalized spacial score (nSPS) is 9.59. The molecule has 0 saturated carbocycles. The van der Waals surface area contributed by atoms with E-state index in [4.69, 9.17) is 16.3 Å². The van der Waals surface area contributed by atoms with Crippen LogP contribution in [0.25, 0.3) is 0 Å². The van der Waals surface area contributed by atoms with Crippen LogP contribution in [0.2, 0.25) is 0 Å². The number of hydrogen-bond acceptors (Lipinski definition) is 1. The van der Waals surface area contributed by atoms with Gasteiger partial charge in [-0.3, -0.25) is 0 Å². The molecular formula is C15H19ClO. The fraction of sp³-hybridized carbons (Fsp3) is 0.467. The molecule has 0 bridgehead atoms. The highest BCUT2D eigenvalue weighted by molar-refractivity contribution is 6.19. The predicted octanol–water partition coefficient (Wildman–Crippen LogP) is 4.15. The minimum atomic E-state index is 0.370. The summed E-state index contributed by atoms with van der Waals surface area (Å²) in [5.41, 5.74) is 2.15. The standard InChI is InChI=1S/C15H19ClO/c1-3-4-5-11-17-15-9-8-14(7-6-10-16)13(2)12-15/h8-9,12H,3-5,10-11H2,1-2H3. The van der Waals surface area contributed by atoms with Gasteiger partial charge in [-0.1, -0.05) is 31.6 Å². The van der Waals surface area contributed by atoms with E-state index in [-0.39, 0.29) is 0 Å². The Morgan fingerprint density at radius 2 is 2.12 bits per heavy atom. The van der Waals surface area contributed by atoms with E-state index in [1.54, 1.807) is 0 Å². The SMILES string of the molecule is CCCCCOc1ccc(C#CCCl)c(C)c1. The Morgan fingerprint density at radius 3 is 2.76 bits per heavy atom. The van der Waals surface area contributed by atoms with E-state index in [1.807, 2.05) is 25.1 Å². The Labute approximate surface area is 109 Å². The van der Waals surface area contributed by atoms with Gasteiger partial charge in [0.1, 0.15) is 5.75 Å². The van der Waals surface area contributed by atoms with Gasteiger partial charge in [-0.25, -0.2) is 0 Å². The maximum absolute atomic E-state index is 5.67. The molecule has 0 aromatic heterocycles. The quantitative estimate of drug-likeness (QED) is 0.433. The van der Waals surface area contributed by atoms with Crippen LogP contribution in [-0.2, 0) is 0 Å². The first-order valence-corrected chi connectivity index (χ1v) is 6.59. The molecule has 0 spiro atoms. The number of halogens is 1. The minimum Gasteiger partial charge on any atom is -0.494 e. The summed E-state index contributed by atoms with van der Waals surface area (Å²) in [6.07, 6.45) is 3.55. The topological polar surface area (TPSA) is 9.23 Å². The van der Waals surface area contributed by atoms with Crippen LogP contribution >= 0.6 is 11.6 Å². The zero-order chi connectivity index (χ0) is 12.5. The van der Waals surface area contributed by atoms with Crippen molar-refractivity contribution in [3.8, 4) is 17.6 Å². The molecule has 0 aliphatic heterocycles. The Kier molecular flexibility index (Phi) is 6.58. The van der Waals surface area contributed by atoms with Crippen LogP contribution in [0.1, 0.15) is 37.3 Å². The highest BCUT2D eigenvalue weighted by Gasteiger charge is 1.98. The third kappa shape index (κ3) is 5.15. The Balaban J connectivity index is 2.56. The zero-order valence-corrected chi connectivity index (χ0v) is 11.3. The molecule has 1 aromatic carbocycles. The molecule has 0 radical (unpaired) electrons. The molecule has 1 rings (SSSR count). The molecule has 0 amide bonds. The van der Waals surface area contributed by atoms with Crippen molar-refractivity contribution in [1.82, 2.24) is 0 Å². The fourth-order valence-electron chi connectivity index (χ4n) is 1.54. The molecule has 0 saturated heterocycles. The van der Waals surface area contributed by atoms with Gasteiger partial charge in [0, 0.05) is 5.56 Å². The molecule has 0 N–H and O–H groups in total. The van der Waals surface area contributed by atoms with Gasteiger partial charge in [-0.15, -0.1) is 11.6 Å². The van der Waals surface area contributed by atoms with Gasteiger partial charge in [0.15, 0.2) is 0 Å². The van der Waals surface area contributed by atoms with E-state index in [2.05, 4.69) is 18.8 Å². The molecule has 0 aliphatic rings. The van der Waals surface area contributed by atoms with Crippen molar-refractivity contribution >= 4 is 11.6 Å². The van der Waals surface area contributed by atoms with E-state index in [9.17, 15) is 0 Å². The van der Waals surface area contributed by atoms with Crippen LogP contribution in [0, 0.1) is 18.8 Å². The average Bonchev–Trinajstić information content (AvgIpc) is 2.34. The Hall–Kier alpha value is -1.13. The van der Waals surface area contributed by atoms with Gasteiger partial charge in [0.2, 0.25) is 0 Å². The molecular weight excluding hydrogens is 232 g/mol. The molecule has 17 heavy (non-hydrogen) atoms. The maximum Gasteiger partial charge on any atom is 0.119 e. The molecule has 0 atom stereocenters. The van der Waals surface area contributed by atoms with E-state index in [0.717, 1.165) is 29.9 Å². The highest BCUT2D eigenvalue weighted by atomic mass is 35.5. The maximum atomic E-state index is 5.67. The first kappa shape index (κ1) is 13.9. The number of alkyl halides is 1. The van der Waals surface area contributed by atoms with Crippen LogP contribution < -0.4 is 4.74 Å². The van der Waals surface area contributed by atoms with Crippen molar-refractivity contribution in [3.63, 3.8) is 0 Å². The fourth-order valence-corrected chi connectivity index (χ4v) is 1.60. The van der Waals surface area contributed by atoms with Crippen molar-refractivity contribution in [2.45, 2.75) is 33.1 Å². The van der Waals surface area contributed by atoms with Crippen LogP contribution in [0.3, 0.4) is 0 Å². The van der Waals surface area contributed by atoms with E-state index < -0.39 is 0 Å². The number of benzene rings is 1.